The molecule has 0 bridgehead atoms. The van der Waals surface area contributed by atoms with Crippen molar-refractivity contribution in [1.82, 2.24) is 4.90 Å². The van der Waals surface area contributed by atoms with Crippen LogP contribution in [0.25, 0.3) is 0 Å². The lowest BCUT2D eigenvalue weighted by atomic mass is 10.1. The van der Waals surface area contributed by atoms with Crippen LogP contribution in [0.15, 0.2) is 0 Å². The molecule has 1 unspecified atom stereocenters. The quantitative estimate of drug-likeness (QED) is 0.585. The largest absolute Gasteiger partial charge is 0.346 e. The van der Waals surface area contributed by atoms with Crippen molar-refractivity contribution in [3.63, 3.8) is 0 Å². The lowest BCUT2D eigenvalue weighted by Crippen LogP contribution is -2.30. The third-order valence-corrected chi connectivity index (χ3v) is 1.77. The van der Waals surface area contributed by atoms with E-state index in [1.807, 2.05) is 0 Å². The van der Waals surface area contributed by atoms with Crippen LogP contribution >= 0.6 is 0 Å². The van der Waals surface area contributed by atoms with Crippen molar-refractivity contribution >= 4 is 5.91 Å². The zero-order chi connectivity index (χ0) is 9.56. The molecular formula is C9H18FNO. The number of nitrogens with zero attached hydrogens (tertiary/aromatic N) is 1. The van der Waals surface area contributed by atoms with Crippen molar-refractivity contribution in [3.8, 4) is 0 Å². The Labute approximate surface area is 73.7 Å². The summed E-state index contributed by atoms with van der Waals surface area (Å²) < 4.78 is 13.0. The van der Waals surface area contributed by atoms with Crippen LogP contribution in [-0.4, -0.2) is 31.1 Å². The Morgan fingerprint density at radius 2 is 2.00 bits per heavy atom. The van der Waals surface area contributed by atoms with E-state index in [1.54, 1.807) is 14.1 Å². The maximum absolute atomic E-state index is 13.0. The van der Waals surface area contributed by atoms with Crippen LogP contribution in [0.5, 0.6) is 0 Å². The van der Waals surface area contributed by atoms with Crippen LogP contribution in [0.3, 0.4) is 0 Å². The fraction of sp³-hybridized carbons (Fsp3) is 0.889. The Hall–Kier alpha value is -0.600. The van der Waals surface area contributed by atoms with Gasteiger partial charge in [-0.25, -0.2) is 4.39 Å². The van der Waals surface area contributed by atoms with Crippen LogP contribution in [0.2, 0.25) is 0 Å². The van der Waals surface area contributed by atoms with Gasteiger partial charge in [0.1, 0.15) is 0 Å². The normalized spacial score (nSPS) is 12.7. The third-order valence-electron chi connectivity index (χ3n) is 1.77. The van der Waals surface area contributed by atoms with Gasteiger partial charge in [0.15, 0.2) is 6.17 Å². The summed E-state index contributed by atoms with van der Waals surface area (Å²) in [6.45, 7) is 2.06. The molecule has 0 N–H and O–H groups in total. The predicted octanol–water partition coefficient (Wildman–Crippen LogP) is 1.99. The molecule has 12 heavy (non-hydrogen) atoms. The Kier molecular flexibility index (Phi) is 5.68. The van der Waals surface area contributed by atoms with Gasteiger partial charge >= 0.3 is 0 Å². The maximum Gasteiger partial charge on any atom is 0.256 e. The number of unbranched alkanes of at least 4 members (excludes halogenated alkanes) is 2. The molecule has 0 radical (unpaired) electrons. The highest BCUT2D eigenvalue weighted by Crippen LogP contribution is 2.08. The number of rotatable bonds is 5. The van der Waals surface area contributed by atoms with Gasteiger partial charge in [-0.05, 0) is 6.42 Å². The second kappa shape index (κ2) is 5.98. The molecule has 0 spiro atoms. The van der Waals surface area contributed by atoms with E-state index < -0.39 is 12.1 Å². The molecule has 0 heterocycles. The molecule has 0 aromatic carbocycles. The van der Waals surface area contributed by atoms with E-state index >= 15 is 0 Å². The summed E-state index contributed by atoms with van der Waals surface area (Å²) in [6, 6.07) is 0. The average Bonchev–Trinajstić information content (AvgIpc) is 2.03. The highest BCUT2D eigenvalue weighted by atomic mass is 19.1. The first kappa shape index (κ1) is 11.4. The van der Waals surface area contributed by atoms with E-state index in [0.717, 1.165) is 19.3 Å². The van der Waals surface area contributed by atoms with Crippen molar-refractivity contribution in [3.05, 3.63) is 0 Å². The Bertz CT molecular complexity index is 136. The van der Waals surface area contributed by atoms with Crippen LogP contribution in [0, 0.1) is 0 Å². The Balaban J connectivity index is 3.57. The molecule has 0 saturated carbocycles. The standard InChI is InChI=1S/C9H18FNO/c1-4-5-6-7-8(10)9(12)11(2)3/h8H,4-7H2,1-3H3. The van der Waals surface area contributed by atoms with Gasteiger partial charge in [0.25, 0.3) is 5.91 Å². The molecule has 0 saturated heterocycles. The first-order valence-corrected chi connectivity index (χ1v) is 4.44. The molecule has 3 heteroatoms. The van der Waals surface area contributed by atoms with Gasteiger partial charge in [0, 0.05) is 14.1 Å². The minimum absolute atomic E-state index is 0.366. The number of hydrogen-bond acceptors (Lipinski definition) is 1. The number of carbonyl (C=O) groups excluding carboxylic acids is 1. The zero-order valence-corrected chi connectivity index (χ0v) is 8.14. The average molecular weight is 175 g/mol. The van der Waals surface area contributed by atoms with Crippen molar-refractivity contribution in [1.29, 1.82) is 0 Å². The van der Waals surface area contributed by atoms with E-state index in [0.29, 0.717) is 6.42 Å². The van der Waals surface area contributed by atoms with Gasteiger partial charge in [-0.2, -0.15) is 0 Å². The summed E-state index contributed by atoms with van der Waals surface area (Å²) in [4.78, 5) is 12.3. The van der Waals surface area contributed by atoms with Crippen LogP contribution in [0.4, 0.5) is 4.39 Å². The molecule has 0 aliphatic rings. The van der Waals surface area contributed by atoms with E-state index in [4.69, 9.17) is 0 Å². The molecule has 0 rings (SSSR count). The summed E-state index contributed by atoms with van der Waals surface area (Å²) in [5.74, 6) is -0.411. The number of alkyl halides is 1. The smallest absolute Gasteiger partial charge is 0.256 e. The Morgan fingerprint density at radius 1 is 1.42 bits per heavy atom. The third kappa shape index (κ3) is 4.31. The van der Waals surface area contributed by atoms with Gasteiger partial charge in [-0.1, -0.05) is 26.2 Å². The fourth-order valence-corrected chi connectivity index (χ4v) is 0.977. The van der Waals surface area contributed by atoms with E-state index in [1.165, 1.54) is 4.90 Å². The topological polar surface area (TPSA) is 20.3 Å². The highest BCUT2D eigenvalue weighted by molar-refractivity contribution is 5.80. The van der Waals surface area contributed by atoms with Gasteiger partial charge in [0.05, 0.1) is 0 Å². The summed E-state index contributed by atoms with van der Waals surface area (Å²) in [6.07, 6.45) is 1.93. The first-order valence-electron chi connectivity index (χ1n) is 4.44. The fourth-order valence-electron chi connectivity index (χ4n) is 0.977. The van der Waals surface area contributed by atoms with Crippen LogP contribution in [-0.2, 0) is 4.79 Å². The second-order valence-electron chi connectivity index (χ2n) is 3.20. The monoisotopic (exact) mass is 175 g/mol. The van der Waals surface area contributed by atoms with E-state index in [-0.39, 0.29) is 0 Å². The molecule has 2 nitrogen and oxygen atoms in total. The van der Waals surface area contributed by atoms with Crippen LogP contribution < -0.4 is 0 Å². The lowest BCUT2D eigenvalue weighted by molar-refractivity contribution is -0.134. The Morgan fingerprint density at radius 3 is 2.42 bits per heavy atom. The van der Waals surface area contributed by atoms with Gasteiger partial charge in [-0.3, -0.25) is 4.79 Å². The highest BCUT2D eigenvalue weighted by Gasteiger charge is 2.17. The van der Waals surface area contributed by atoms with Gasteiger partial charge in [-0.15, -0.1) is 0 Å². The number of halogens is 1. The van der Waals surface area contributed by atoms with E-state index in [9.17, 15) is 9.18 Å². The maximum atomic E-state index is 13.0. The molecule has 0 aliphatic heterocycles. The molecule has 0 aromatic rings. The van der Waals surface area contributed by atoms with E-state index in [2.05, 4.69) is 6.92 Å². The molecule has 72 valence electrons. The molecular weight excluding hydrogens is 157 g/mol. The zero-order valence-electron chi connectivity index (χ0n) is 8.14. The SMILES string of the molecule is CCCCCC(F)C(=O)N(C)C. The number of amides is 1. The van der Waals surface area contributed by atoms with Crippen molar-refractivity contribution < 1.29 is 9.18 Å². The van der Waals surface area contributed by atoms with Crippen molar-refractivity contribution in [2.75, 3.05) is 14.1 Å². The first-order chi connectivity index (χ1) is 5.59. The predicted molar refractivity (Wildman–Crippen MR) is 47.7 cm³/mol. The second-order valence-corrected chi connectivity index (χ2v) is 3.20. The minimum atomic E-state index is -1.30. The van der Waals surface area contributed by atoms with Crippen LogP contribution in [0.1, 0.15) is 32.6 Å². The summed E-state index contributed by atoms with van der Waals surface area (Å²) in [5.41, 5.74) is 0. The molecule has 0 aromatic heterocycles. The summed E-state index contributed by atoms with van der Waals surface area (Å²) >= 11 is 0. The molecule has 1 atom stereocenters. The van der Waals surface area contributed by atoms with Gasteiger partial charge in [0.2, 0.25) is 0 Å². The minimum Gasteiger partial charge on any atom is -0.346 e. The van der Waals surface area contributed by atoms with Gasteiger partial charge < -0.3 is 4.90 Å². The molecule has 1 amide bonds. The summed E-state index contributed by atoms with van der Waals surface area (Å²) in [5, 5.41) is 0. The van der Waals surface area contributed by atoms with Crippen molar-refractivity contribution in [2.45, 2.75) is 38.8 Å². The number of hydrogen-bond donors (Lipinski definition) is 0. The lowest BCUT2D eigenvalue weighted by Gasteiger charge is -2.13. The molecule has 0 fully saturated rings. The number of carbonyl (C=O) groups is 1. The summed E-state index contributed by atoms with van der Waals surface area (Å²) in [7, 11) is 3.16. The molecule has 0 aliphatic carbocycles. The van der Waals surface area contributed by atoms with Crippen molar-refractivity contribution in [2.24, 2.45) is 0 Å².